The average Bonchev–Trinajstić information content (AvgIpc) is 3.31. The van der Waals surface area contributed by atoms with E-state index in [2.05, 4.69) is 19.9 Å². The molecule has 0 N–H and O–H groups in total. The fourth-order valence-corrected chi connectivity index (χ4v) is 7.22. The van der Waals surface area contributed by atoms with Crippen molar-refractivity contribution in [3.8, 4) is 16.9 Å². The number of fused-ring (bicyclic) bond motifs is 8. The van der Waals surface area contributed by atoms with Crippen molar-refractivity contribution in [2.45, 2.75) is 24.9 Å². The standard InChI is InChI=1S/C41H28F2O2/c1-40(2)35-24-30(43)18-20-32(35)36-31-19-17-29(42)23-34(31)39-33(37(36)40)21-22-41(45-39,27-11-7-4-8-12-27)28-15-13-26(14-16-28)38(44)25-9-5-3-6-10-25/h3-24H,1-2H3. The number of hydrogen-bond acceptors (Lipinski definition) is 2. The molecule has 6 aromatic carbocycles. The van der Waals surface area contributed by atoms with Gasteiger partial charge >= 0.3 is 0 Å². The second-order valence-electron chi connectivity index (χ2n) is 12.3. The van der Waals surface area contributed by atoms with Crippen molar-refractivity contribution < 1.29 is 18.3 Å². The van der Waals surface area contributed by atoms with E-state index in [0.717, 1.165) is 44.3 Å². The zero-order valence-electron chi connectivity index (χ0n) is 24.8. The van der Waals surface area contributed by atoms with E-state index in [0.29, 0.717) is 22.3 Å². The van der Waals surface area contributed by atoms with E-state index in [1.165, 1.54) is 18.2 Å². The lowest BCUT2D eigenvalue weighted by molar-refractivity contribution is 0.103. The summed E-state index contributed by atoms with van der Waals surface area (Å²) in [6.45, 7) is 4.20. The van der Waals surface area contributed by atoms with Crippen LogP contribution in [0.1, 0.15) is 57.6 Å². The summed E-state index contributed by atoms with van der Waals surface area (Å²) in [5.74, 6) is -0.145. The summed E-state index contributed by atoms with van der Waals surface area (Å²) in [6, 6.07) is 36.3. The smallest absolute Gasteiger partial charge is 0.193 e. The molecule has 0 aromatic heterocycles. The van der Waals surface area contributed by atoms with Gasteiger partial charge in [-0.15, -0.1) is 0 Å². The average molecular weight is 591 g/mol. The molecule has 0 spiro atoms. The first-order valence-corrected chi connectivity index (χ1v) is 15.0. The van der Waals surface area contributed by atoms with Crippen LogP contribution in [0.2, 0.25) is 0 Å². The molecular weight excluding hydrogens is 562 g/mol. The predicted molar refractivity (Wildman–Crippen MR) is 175 cm³/mol. The minimum absolute atomic E-state index is 0.0587. The zero-order valence-corrected chi connectivity index (χ0v) is 24.8. The van der Waals surface area contributed by atoms with Crippen LogP contribution in [0.4, 0.5) is 8.78 Å². The van der Waals surface area contributed by atoms with Gasteiger partial charge in [0.1, 0.15) is 17.4 Å². The number of carbonyl (C=O) groups is 1. The summed E-state index contributed by atoms with van der Waals surface area (Å²) in [5.41, 5.74) is 6.03. The first-order chi connectivity index (χ1) is 21.8. The Bertz CT molecular complexity index is 2180. The minimum atomic E-state index is -1.06. The highest BCUT2D eigenvalue weighted by Crippen LogP contribution is 2.58. The third-order valence-corrected chi connectivity index (χ3v) is 9.37. The van der Waals surface area contributed by atoms with Crippen molar-refractivity contribution in [1.29, 1.82) is 0 Å². The van der Waals surface area contributed by atoms with E-state index in [1.807, 2.05) is 97.1 Å². The molecular formula is C41H28F2O2. The molecule has 2 nitrogen and oxygen atoms in total. The minimum Gasteiger partial charge on any atom is -0.472 e. The third kappa shape index (κ3) is 4.02. The molecule has 45 heavy (non-hydrogen) atoms. The fourth-order valence-electron chi connectivity index (χ4n) is 7.22. The van der Waals surface area contributed by atoms with Crippen LogP contribution in [-0.2, 0) is 11.0 Å². The number of hydrogen-bond donors (Lipinski definition) is 0. The molecule has 8 rings (SSSR count). The Labute approximate surface area is 260 Å². The van der Waals surface area contributed by atoms with E-state index in [4.69, 9.17) is 4.74 Å². The molecule has 6 aromatic rings. The SMILES string of the molecule is CC1(C)c2cc(F)ccc2-c2c1c1c(c3cc(F)ccc23)OC(c2ccccc2)(c2ccc(C(=O)c3ccccc3)cc2)C=C1. The van der Waals surface area contributed by atoms with Gasteiger partial charge in [0, 0.05) is 38.6 Å². The van der Waals surface area contributed by atoms with Gasteiger partial charge in [0.15, 0.2) is 11.4 Å². The summed E-state index contributed by atoms with van der Waals surface area (Å²) >= 11 is 0. The quantitative estimate of drug-likeness (QED) is 0.191. The van der Waals surface area contributed by atoms with E-state index >= 15 is 4.39 Å². The Morgan fingerprint density at radius 3 is 2.02 bits per heavy atom. The molecule has 2 aliphatic rings. The van der Waals surface area contributed by atoms with Crippen LogP contribution in [-0.4, -0.2) is 5.78 Å². The highest BCUT2D eigenvalue weighted by molar-refractivity contribution is 6.09. The van der Waals surface area contributed by atoms with Crippen molar-refractivity contribution in [2.24, 2.45) is 0 Å². The second-order valence-corrected chi connectivity index (χ2v) is 12.3. The molecule has 1 unspecified atom stereocenters. The molecule has 0 fully saturated rings. The van der Waals surface area contributed by atoms with Crippen molar-refractivity contribution in [2.75, 3.05) is 0 Å². The van der Waals surface area contributed by atoms with Gasteiger partial charge in [-0.1, -0.05) is 117 Å². The highest BCUT2D eigenvalue weighted by atomic mass is 19.1. The molecule has 1 aliphatic heterocycles. The first-order valence-electron chi connectivity index (χ1n) is 15.0. The van der Waals surface area contributed by atoms with E-state index in [1.54, 1.807) is 12.1 Å². The summed E-state index contributed by atoms with van der Waals surface area (Å²) < 4.78 is 36.8. The lowest BCUT2D eigenvalue weighted by Gasteiger charge is -2.38. The lowest BCUT2D eigenvalue weighted by Crippen LogP contribution is -2.35. The Balaban J connectivity index is 1.35. The van der Waals surface area contributed by atoms with Crippen molar-refractivity contribution in [3.63, 3.8) is 0 Å². The molecule has 1 aliphatic carbocycles. The highest BCUT2D eigenvalue weighted by Gasteiger charge is 2.44. The summed E-state index contributed by atoms with van der Waals surface area (Å²) in [7, 11) is 0. The summed E-state index contributed by atoms with van der Waals surface area (Å²) in [5, 5.41) is 1.50. The molecule has 0 saturated carbocycles. The maximum absolute atomic E-state index is 15.0. The molecule has 4 heteroatoms. The summed E-state index contributed by atoms with van der Waals surface area (Å²) in [4.78, 5) is 13.2. The van der Waals surface area contributed by atoms with Crippen LogP contribution < -0.4 is 4.74 Å². The monoisotopic (exact) mass is 590 g/mol. The Hall–Kier alpha value is -5.35. The number of ether oxygens (including phenoxy) is 1. The molecule has 0 saturated heterocycles. The largest absolute Gasteiger partial charge is 0.472 e. The number of halogens is 2. The van der Waals surface area contributed by atoms with Crippen LogP contribution in [0.5, 0.6) is 5.75 Å². The fraction of sp³-hybridized carbons (Fsp3) is 0.0976. The van der Waals surface area contributed by atoms with Gasteiger partial charge in [-0.2, -0.15) is 0 Å². The number of ketones is 1. The third-order valence-electron chi connectivity index (χ3n) is 9.37. The maximum atomic E-state index is 15.0. The van der Waals surface area contributed by atoms with E-state index in [-0.39, 0.29) is 17.4 Å². The molecule has 1 atom stereocenters. The maximum Gasteiger partial charge on any atom is 0.193 e. The second kappa shape index (κ2) is 9.83. The zero-order chi connectivity index (χ0) is 30.9. The lowest BCUT2D eigenvalue weighted by atomic mass is 9.76. The molecule has 1 heterocycles. The normalized spacial score (nSPS) is 17.3. The van der Waals surface area contributed by atoms with Gasteiger partial charge in [0.2, 0.25) is 0 Å². The van der Waals surface area contributed by atoms with Gasteiger partial charge < -0.3 is 4.74 Å². The van der Waals surface area contributed by atoms with E-state index < -0.39 is 11.0 Å². The van der Waals surface area contributed by atoms with Gasteiger partial charge in [-0.3, -0.25) is 4.79 Å². The van der Waals surface area contributed by atoms with Crippen molar-refractivity contribution in [3.05, 3.63) is 178 Å². The van der Waals surface area contributed by atoms with E-state index in [9.17, 15) is 9.18 Å². The molecule has 218 valence electrons. The van der Waals surface area contributed by atoms with Crippen LogP contribution in [0, 0.1) is 11.6 Å². The van der Waals surface area contributed by atoms with Crippen LogP contribution in [0.15, 0.2) is 127 Å². The first kappa shape index (κ1) is 27.2. The van der Waals surface area contributed by atoms with Crippen LogP contribution >= 0.6 is 0 Å². The Morgan fingerprint density at radius 1 is 0.667 bits per heavy atom. The predicted octanol–water partition coefficient (Wildman–Crippen LogP) is 10.0. The van der Waals surface area contributed by atoms with Gasteiger partial charge in [-0.25, -0.2) is 8.78 Å². The Kier molecular flexibility index (Phi) is 5.95. The summed E-state index contributed by atoms with van der Waals surface area (Å²) in [6.07, 6.45) is 4.12. The van der Waals surface area contributed by atoms with Gasteiger partial charge in [0.25, 0.3) is 0 Å². The van der Waals surface area contributed by atoms with Gasteiger partial charge in [0.05, 0.1) is 0 Å². The van der Waals surface area contributed by atoms with Gasteiger partial charge in [-0.05, 0) is 58.0 Å². The van der Waals surface area contributed by atoms with Crippen LogP contribution in [0.25, 0.3) is 28.0 Å². The Morgan fingerprint density at radius 2 is 1.29 bits per heavy atom. The molecule has 0 bridgehead atoms. The number of carbonyl (C=O) groups excluding carboxylic acids is 1. The molecule has 0 amide bonds. The number of benzene rings is 6. The van der Waals surface area contributed by atoms with Crippen molar-refractivity contribution in [1.82, 2.24) is 0 Å². The van der Waals surface area contributed by atoms with Crippen molar-refractivity contribution >= 4 is 22.6 Å². The number of rotatable bonds is 4. The topological polar surface area (TPSA) is 26.3 Å². The van der Waals surface area contributed by atoms with Crippen LogP contribution in [0.3, 0.4) is 0 Å². The molecule has 0 radical (unpaired) electrons.